The van der Waals surface area contributed by atoms with E-state index >= 15 is 0 Å². The lowest BCUT2D eigenvalue weighted by atomic mass is 9.97. The number of carbonyl (C=O) groups is 2. The van der Waals surface area contributed by atoms with Crippen LogP contribution in [0.5, 0.6) is 0 Å². The number of fused-ring (bicyclic) bond motifs is 1. The van der Waals surface area contributed by atoms with Crippen molar-refractivity contribution in [3.05, 3.63) is 66.2 Å². The van der Waals surface area contributed by atoms with Gasteiger partial charge in [0, 0.05) is 30.3 Å². The van der Waals surface area contributed by atoms with Gasteiger partial charge in [0.15, 0.2) is 11.7 Å². The third-order valence-corrected chi connectivity index (χ3v) is 4.37. The zero-order valence-electron chi connectivity index (χ0n) is 14.2. The van der Waals surface area contributed by atoms with Crippen LogP contribution in [0.3, 0.4) is 0 Å². The van der Waals surface area contributed by atoms with Crippen molar-refractivity contribution in [1.82, 2.24) is 4.98 Å². The van der Waals surface area contributed by atoms with Gasteiger partial charge in [0.25, 0.3) is 0 Å². The number of anilines is 2. The minimum Gasteiger partial charge on any atom is -0.441 e. The molecule has 0 bridgehead atoms. The van der Waals surface area contributed by atoms with E-state index in [9.17, 15) is 9.59 Å². The molecular formula is C20H17N3O3. The Kier molecular flexibility index (Phi) is 4.01. The molecule has 1 atom stereocenters. The SMILES string of the molecule is Cc1ncc(-c2ccc(NC(=O)CC3C(=O)Nc4ccccc43)cc2)o1. The molecule has 26 heavy (non-hydrogen) atoms. The molecule has 0 radical (unpaired) electrons. The fourth-order valence-corrected chi connectivity index (χ4v) is 3.09. The number of nitrogens with zero attached hydrogens (tertiary/aromatic N) is 1. The smallest absolute Gasteiger partial charge is 0.232 e. The minimum atomic E-state index is -0.456. The van der Waals surface area contributed by atoms with Crippen LogP contribution in [0.25, 0.3) is 11.3 Å². The summed E-state index contributed by atoms with van der Waals surface area (Å²) in [5, 5.41) is 5.65. The highest BCUT2D eigenvalue weighted by atomic mass is 16.4. The van der Waals surface area contributed by atoms with Gasteiger partial charge in [0.2, 0.25) is 11.8 Å². The van der Waals surface area contributed by atoms with E-state index in [1.165, 1.54) is 0 Å². The molecular weight excluding hydrogens is 330 g/mol. The molecule has 2 aromatic carbocycles. The summed E-state index contributed by atoms with van der Waals surface area (Å²) in [6.45, 7) is 1.79. The molecule has 130 valence electrons. The predicted octanol–water partition coefficient (Wildman–Crippen LogP) is 3.71. The van der Waals surface area contributed by atoms with E-state index in [0.717, 1.165) is 16.8 Å². The van der Waals surface area contributed by atoms with Gasteiger partial charge in [-0.05, 0) is 35.9 Å². The highest BCUT2D eigenvalue weighted by molar-refractivity contribution is 6.06. The van der Waals surface area contributed by atoms with Gasteiger partial charge in [0.1, 0.15) is 0 Å². The number of para-hydroxylation sites is 1. The summed E-state index contributed by atoms with van der Waals surface area (Å²) >= 11 is 0. The third-order valence-electron chi connectivity index (χ3n) is 4.37. The average molecular weight is 347 g/mol. The Balaban J connectivity index is 1.43. The summed E-state index contributed by atoms with van der Waals surface area (Å²) in [6.07, 6.45) is 1.77. The lowest BCUT2D eigenvalue weighted by Gasteiger charge is -2.10. The van der Waals surface area contributed by atoms with Gasteiger partial charge in [-0.25, -0.2) is 4.98 Å². The molecule has 1 aliphatic rings. The fraction of sp³-hybridized carbons (Fsp3) is 0.150. The van der Waals surface area contributed by atoms with Crippen molar-refractivity contribution in [2.75, 3.05) is 10.6 Å². The van der Waals surface area contributed by atoms with Gasteiger partial charge in [-0.1, -0.05) is 18.2 Å². The fourth-order valence-electron chi connectivity index (χ4n) is 3.09. The topological polar surface area (TPSA) is 84.2 Å². The second-order valence-electron chi connectivity index (χ2n) is 6.20. The lowest BCUT2D eigenvalue weighted by Crippen LogP contribution is -2.20. The quantitative estimate of drug-likeness (QED) is 0.753. The standard InChI is InChI=1S/C20H17N3O3/c1-12-21-11-18(26-12)13-6-8-14(9-7-13)22-19(24)10-16-15-4-2-3-5-17(15)23-20(16)25/h2-9,11,16H,10H2,1H3,(H,22,24)(H,23,25). The number of oxazole rings is 1. The summed E-state index contributed by atoms with van der Waals surface area (Å²) in [6, 6.07) is 14.8. The molecule has 6 nitrogen and oxygen atoms in total. The van der Waals surface area contributed by atoms with E-state index in [-0.39, 0.29) is 18.2 Å². The number of aromatic nitrogens is 1. The van der Waals surface area contributed by atoms with Crippen LogP contribution >= 0.6 is 0 Å². The van der Waals surface area contributed by atoms with Crippen LogP contribution < -0.4 is 10.6 Å². The summed E-state index contributed by atoms with van der Waals surface area (Å²) in [5.74, 6) is 0.484. The molecule has 4 rings (SSSR count). The van der Waals surface area contributed by atoms with Gasteiger partial charge in [-0.2, -0.15) is 0 Å². The second-order valence-corrected chi connectivity index (χ2v) is 6.20. The summed E-state index contributed by atoms with van der Waals surface area (Å²) in [4.78, 5) is 28.6. The van der Waals surface area contributed by atoms with E-state index in [4.69, 9.17) is 4.42 Å². The van der Waals surface area contributed by atoms with Crippen molar-refractivity contribution < 1.29 is 14.0 Å². The van der Waals surface area contributed by atoms with Gasteiger partial charge < -0.3 is 15.1 Å². The van der Waals surface area contributed by atoms with Gasteiger partial charge in [0.05, 0.1) is 12.1 Å². The Morgan fingerprint density at radius 3 is 2.69 bits per heavy atom. The zero-order chi connectivity index (χ0) is 18.1. The highest BCUT2D eigenvalue weighted by Crippen LogP contribution is 2.34. The second kappa shape index (κ2) is 6.48. The number of nitrogens with one attached hydrogen (secondary N) is 2. The normalized spacial score (nSPS) is 15.4. The first-order valence-corrected chi connectivity index (χ1v) is 8.32. The number of rotatable bonds is 4. The van der Waals surface area contributed by atoms with E-state index in [1.54, 1.807) is 25.3 Å². The van der Waals surface area contributed by atoms with E-state index in [1.807, 2.05) is 36.4 Å². The molecule has 2 amide bonds. The van der Waals surface area contributed by atoms with Crippen molar-refractivity contribution in [2.24, 2.45) is 0 Å². The molecule has 1 aromatic heterocycles. The van der Waals surface area contributed by atoms with Crippen LogP contribution in [0.1, 0.15) is 23.8 Å². The van der Waals surface area contributed by atoms with Gasteiger partial charge in [-0.3, -0.25) is 9.59 Å². The number of carbonyl (C=O) groups excluding carboxylic acids is 2. The van der Waals surface area contributed by atoms with Crippen LogP contribution in [0, 0.1) is 6.92 Å². The van der Waals surface area contributed by atoms with Crippen LogP contribution in [-0.4, -0.2) is 16.8 Å². The molecule has 2 heterocycles. The molecule has 1 aliphatic heterocycles. The van der Waals surface area contributed by atoms with Gasteiger partial charge in [-0.15, -0.1) is 0 Å². The Hall–Kier alpha value is -3.41. The number of hydrogen-bond acceptors (Lipinski definition) is 4. The van der Waals surface area contributed by atoms with Crippen LogP contribution in [-0.2, 0) is 9.59 Å². The number of amides is 2. The van der Waals surface area contributed by atoms with Crippen LogP contribution in [0.4, 0.5) is 11.4 Å². The highest BCUT2D eigenvalue weighted by Gasteiger charge is 2.31. The van der Waals surface area contributed by atoms with Crippen molar-refractivity contribution in [2.45, 2.75) is 19.3 Å². The maximum Gasteiger partial charge on any atom is 0.232 e. The molecule has 0 spiro atoms. The zero-order valence-corrected chi connectivity index (χ0v) is 14.2. The Labute approximate surface area is 150 Å². The molecule has 6 heteroatoms. The van der Waals surface area contributed by atoms with Gasteiger partial charge >= 0.3 is 0 Å². The molecule has 2 N–H and O–H groups in total. The minimum absolute atomic E-state index is 0.103. The van der Waals surface area contributed by atoms with Crippen molar-refractivity contribution in [3.63, 3.8) is 0 Å². The third kappa shape index (κ3) is 3.09. The first kappa shape index (κ1) is 16.1. The Bertz CT molecular complexity index is 976. The molecule has 0 saturated carbocycles. The molecule has 1 unspecified atom stereocenters. The number of aryl methyl sites for hydroxylation is 1. The largest absolute Gasteiger partial charge is 0.441 e. The summed E-state index contributed by atoms with van der Waals surface area (Å²) in [5.41, 5.74) is 3.19. The van der Waals surface area contributed by atoms with Crippen molar-refractivity contribution in [3.8, 4) is 11.3 Å². The maximum absolute atomic E-state index is 12.4. The lowest BCUT2D eigenvalue weighted by molar-refractivity contribution is -0.122. The summed E-state index contributed by atoms with van der Waals surface area (Å²) in [7, 11) is 0. The monoisotopic (exact) mass is 347 g/mol. The summed E-state index contributed by atoms with van der Waals surface area (Å²) < 4.78 is 5.48. The Morgan fingerprint density at radius 1 is 1.19 bits per heavy atom. The number of hydrogen-bond donors (Lipinski definition) is 2. The maximum atomic E-state index is 12.4. The van der Waals surface area contributed by atoms with E-state index < -0.39 is 5.92 Å². The van der Waals surface area contributed by atoms with Crippen molar-refractivity contribution in [1.29, 1.82) is 0 Å². The molecule has 3 aromatic rings. The number of benzene rings is 2. The molecule has 0 aliphatic carbocycles. The molecule has 0 saturated heterocycles. The van der Waals surface area contributed by atoms with Crippen LogP contribution in [0.15, 0.2) is 59.1 Å². The Morgan fingerprint density at radius 2 is 1.96 bits per heavy atom. The van der Waals surface area contributed by atoms with E-state index in [0.29, 0.717) is 17.3 Å². The average Bonchev–Trinajstić information content (AvgIpc) is 3.19. The first-order valence-electron chi connectivity index (χ1n) is 8.32. The first-order chi connectivity index (χ1) is 12.6. The van der Waals surface area contributed by atoms with E-state index in [2.05, 4.69) is 15.6 Å². The van der Waals surface area contributed by atoms with Crippen LogP contribution in [0.2, 0.25) is 0 Å². The predicted molar refractivity (Wildman–Crippen MR) is 97.7 cm³/mol. The molecule has 0 fully saturated rings. The van der Waals surface area contributed by atoms with Crippen molar-refractivity contribution >= 4 is 23.2 Å².